The monoisotopic (exact) mass is 366 g/mol. The lowest BCUT2D eigenvalue weighted by Gasteiger charge is -2.10. The highest BCUT2D eigenvalue weighted by Crippen LogP contribution is 2.26. The third-order valence-electron chi connectivity index (χ3n) is 5.02. The molecule has 0 aliphatic rings. The van der Waals surface area contributed by atoms with Gasteiger partial charge in [-0.3, -0.25) is 14.3 Å². The lowest BCUT2D eigenvalue weighted by atomic mass is 10.0. The van der Waals surface area contributed by atoms with Crippen LogP contribution < -0.4 is 5.56 Å². The molecule has 5 rings (SSSR count). The highest BCUT2D eigenvalue weighted by Gasteiger charge is 2.07. The number of hydrogen-bond donors (Lipinski definition) is 0. The first-order valence-electron chi connectivity index (χ1n) is 9.12. The van der Waals surface area contributed by atoms with Crippen molar-refractivity contribution in [3.8, 4) is 11.1 Å². The van der Waals surface area contributed by atoms with Gasteiger partial charge in [0.25, 0.3) is 5.56 Å². The van der Waals surface area contributed by atoms with Gasteiger partial charge >= 0.3 is 0 Å². The molecular formula is C23H18N4O. The molecule has 5 heteroatoms. The normalized spacial score (nSPS) is 11.3. The minimum absolute atomic E-state index is 0.128. The second-order valence-electron chi connectivity index (χ2n) is 7.01. The first-order chi connectivity index (χ1) is 13.7. The van der Waals surface area contributed by atoms with Gasteiger partial charge in [0.05, 0.1) is 30.0 Å². The summed E-state index contributed by atoms with van der Waals surface area (Å²) in [5.41, 5.74) is 4.73. The summed E-state index contributed by atoms with van der Waals surface area (Å²) in [5.74, 6) is 0. The van der Waals surface area contributed by atoms with Crippen molar-refractivity contribution >= 4 is 21.8 Å². The van der Waals surface area contributed by atoms with E-state index in [1.54, 1.807) is 17.0 Å². The Hall–Kier alpha value is -3.73. The summed E-state index contributed by atoms with van der Waals surface area (Å²) in [6.07, 6.45) is 8.99. The number of pyridine rings is 1. The SMILES string of the molecule is Cn1cc2ccc(-c3cccc(Cn4c(=O)cnc5ccncc54)c3)cc2c1. The first kappa shape index (κ1) is 16.4. The Balaban J connectivity index is 1.56. The number of aryl methyl sites for hydroxylation is 1. The van der Waals surface area contributed by atoms with Crippen molar-refractivity contribution in [1.29, 1.82) is 0 Å². The summed E-state index contributed by atoms with van der Waals surface area (Å²) in [7, 11) is 2.03. The fourth-order valence-corrected chi connectivity index (χ4v) is 3.66. The Morgan fingerprint density at radius 2 is 1.79 bits per heavy atom. The van der Waals surface area contributed by atoms with Crippen LogP contribution in [0.2, 0.25) is 0 Å². The van der Waals surface area contributed by atoms with E-state index in [1.807, 2.05) is 25.2 Å². The number of benzene rings is 2. The lowest BCUT2D eigenvalue weighted by Crippen LogP contribution is -2.21. The largest absolute Gasteiger partial charge is 0.356 e. The second kappa shape index (κ2) is 6.46. The Bertz CT molecular complexity index is 1380. The van der Waals surface area contributed by atoms with Crippen LogP contribution in [0.25, 0.3) is 32.9 Å². The predicted octanol–water partition coefficient (Wildman–Crippen LogP) is 4.00. The molecule has 3 aromatic heterocycles. The molecule has 0 aliphatic heterocycles. The average molecular weight is 366 g/mol. The van der Waals surface area contributed by atoms with Gasteiger partial charge in [-0.15, -0.1) is 0 Å². The molecular weight excluding hydrogens is 348 g/mol. The van der Waals surface area contributed by atoms with Gasteiger partial charge in [0.2, 0.25) is 0 Å². The number of nitrogens with zero attached hydrogens (tertiary/aromatic N) is 4. The molecule has 0 N–H and O–H groups in total. The molecule has 136 valence electrons. The molecule has 5 nitrogen and oxygen atoms in total. The molecule has 0 saturated heterocycles. The molecule has 3 heterocycles. The molecule has 0 unspecified atom stereocenters. The summed E-state index contributed by atoms with van der Waals surface area (Å²) >= 11 is 0. The Morgan fingerprint density at radius 3 is 2.71 bits per heavy atom. The first-order valence-corrected chi connectivity index (χ1v) is 9.12. The van der Waals surface area contributed by atoms with E-state index < -0.39 is 0 Å². The summed E-state index contributed by atoms with van der Waals surface area (Å²) in [4.78, 5) is 20.8. The van der Waals surface area contributed by atoms with Gasteiger partial charge in [-0.2, -0.15) is 0 Å². The van der Waals surface area contributed by atoms with E-state index in [-0.39, 0.29) is 5.56 Å². The van der Waals surface area contributed by atoms with Crippen molar-refractivity contribution < 1.29 is 0 Å². The van der Waals surface area contributed by atoms with Crippen molar-refractivity contribution in [3.63, 3.8) is 0 Å². The van der Waals surface area contributed by atoms with E-state index in [2.05, 4.69) is 57.3 Å². The Labute approximate surface area is 161 Å². The highest BCUT2D eigenvalue weighted by molar-refractivity contribution is 5.87. The summed E-state index contributed by atoms with van der Waals surface area (Å²) < 4.78 is 3.79. The zero-order valence-electron chi connectivity index (χ0n) is 15.4. The van der Waals surface area contributed by atoms with Crippen molar-refractivity contribution in [2.75, 3.05) is 0 Å². The van der Waals surface area contributed by atoms with Gasteiger partial charge in [0.15, 0.2) is 0 Å². The summed E-state index contributed by atoms with van der Waals surface area (Å²) in [6.45, 7) is 0.477. The van der Waals surface area contributed by atoms with Gasteiger partial charge < -0.3 is 4.57 Å². The topological polar surface area (TPSA) is 52.7 Å². The maximum Gasteiger partial charge on any atom is 0.269 e. The zero-order valence-corrected chi connectivity index (χ0v) is 15.4. The predicted molar refractivity (Wildman–Crippen MR) is 111 cm³/mol. The van der Waals surface area contributed by atoms with Gasteiger partial charge in [0, 0.05) is 25.6 Å². The van der Waals surface area contributed by atoms with Gasteiger partial charge in [0.1, 0.15) is 0 Å². The second-order valence-corrected chi connectivity index (χ2v) is 7.01. The fraction of sp³-hybridized carbons (Fsp3) is 0.0870. The van der Waals surface area contributed by atoms with Crippen LogP contribution in [0.5, 0.6) is 0 Å². The van der Waals surface area contributed by atoms with Crippen LogP contribution in [0.1, 0.15) is 5.56 Å². The van der Waals surface area contributed by atoms with Crippen molar-refractivity contribution in [2.45, 2.75) is 6.54 Å². The maximum absolute atomic E-state index is 12.4. The number of aromatic nitrogens is 4. The minimum atomic E-state index is -0.128. The average Bonchev–Trinajstić information content (AvgIpc) is 3.09. The lowest BCUT2D eigenvalue weighted by molar-refractivity contribution is 0.785. The quantitative estimate of drug-likeness (QED) is 0.485. The van der Waals surface area contributed by atoms with Crippen molar-refractivity contribution in [1.82, 2.24) is 19.1 Å². The molecule has 0 bridgehead atoms. The number of rotatable bonds is 3. The molecule has 2 aromatic carbocycles. The Kier molecular flexibility index (Phi) is 3.79. The van der Waals surface area contributed by atoms with Crippen molar-refractivity contribution in [2.24, 2.45) is 7.05 Å². The van der Waals surface area contributed by atoms with E-state index in [1.165, 1.54) is 17.0 Å². The molecule has 5 aromatic rings. The third kappa shape index (κ3) is 2.87. The van der Waals surface area contributed by atoms with Crippen LogP contribution in [0.3, 0.4) is 0 Å². The highest BCUT2D eigenvalue weighted by atomic mass is 16.1. The zero-order chi connectivity index (χ0) is 19.1. The van der Waals surface area contributed by atoms with E-state index in [0.717, 1.165) is 27.7 Å². The van der Waals surface area contributed by atoms with E-state index >= 15 is 0 Å². The van der Waals surface area contributed by atoms with E-state index in [0.29, 0.717) is 6.54 Å². The summed E-state index contributed by atoms with van der Waals surface area (Å²) in [5, 5.41) is 2.44. The molecule has 0 amide bonds. The van der Waals surface area contributed by atoms with Crippen LogP contribution >= 0.6 is 0 Å². The van der Waals surface area contributed by atoms with Gasteiger partial charge in [-0.1, -0.05) is 30.3 Å². The molecule has 0 atom stereocenters. The summed E-state index contributed by atoms with van der Waals surface area (Å²) in [6, 6.07) is 16.6. The number of hydrogen-bond acceptors (Lipinski definition) is 3. The molecule has 0 aliphatic carbocycles. The Morgan fingerprint density at radius 1 is 0.929 bits per heavy atom. The van der Waals surface area contributed by atoms with Gasteiger partial charge in [-0.05, 0) is 45.7 Å². The smallest absolute Gasteiger partial charge is 0.269 e. The molecule has 0 radical (unpaired) electrons. The molecule has 0 fully saturated rings. The third-order valence-corrected chi connectivity index (χ3v) is 5.02. The minimum Gasteiger partial charge on any atom is -0.356 e. The van der Waals surface area contributed by atoms with Crippen LogP contribution in [0, 0.1) is 0 Å². The number of fused-ring (bicyclic) bond motifs is 2. The molecule has 28 heavy (non-hydrogen) atoms. The van der Waals surface area contributed by atoms with Crippen molar-refractivity contribution in [3.05, 3.63) is 95.4 Å². The maximum atomic E-state index is 12.4. The fourth-order valence-electron chi connectivity index (χ4n) is 3.66. The molecule has 0 spiro atoms. The molecule has 0 saturated carbocycles. The van der Waals surface area contributed by atoms with E-state index in [4.69, 9.17) is 0 Å². The van der Waals surface area contributed by atoms with E-state index in [9.17, 15) is 4.79 Å². The standard InChI is InChI=1S/C23H18N4O/c1-26-14-19-6-5-18(10-20(19)15-26)17-4-2-3-16(9-17)13-27-22-11-24-8-7-21(22)25-12-23(27)28/h2-12,14-15H,13H2,1H3. The van der Waals surface area contributed by atoms with Crippen LogP contribution in [0.4, 0.5) is 0 Å². The van der Waals surface area contributed by atoms with Crippen LogP contribution in [0.15, 0.2) is 84.3 Å². The van der Waals surface area contributed by atoms with Crippen LogP contribution in [-0.4, -0.2) is 19.1 Å². The van der Waals surface area contributed by atoms with Gasteiger partial charge in [-0.25, -0.2) is 4.98 Å². The van der Waals surface area contributed by atoms with Crippen LogP contribution in [-0.2, 0) is 13.6 Å².